The number of thiazole rings is 1. The van der Waals surface area contributed by atoms with Crippen LogP contribution in [0.1, 0.15) is 97.0 Å². The van der Waals surface area contributed by atoms with Crippen molar-refractivity contribution in [2.24, 2.45) is 10.4 Å². The third-order valence-corrected chi connectivity index (χ3v) is 14.1. The zero-order chi connectivity index (χ0) is 46.6. The molecule has 3 aromatic heterocycles. The number of rotatable bonds is 16. The SMILES string of the molecule is Cc1ncsc1-c1ccc(CNC(=O)[C@@H]2C[C@@H](O)CN2C(=O)[C@@H](NC(=O)COCCCCNC(=O)CC2N=C(c3ccc(Cl)cc3)c3c(sc(C)c3C)-n3c(C)nnc32)C(C)(C)C)cc1. The Bertz CT molecular complexity index is 2560. The van der Waals surface area contributed by atoms with Crippen molar-refractivity contribution in [2.45, 2.75) is 105 Å². The van der Waals surface area contributed by atoms with Crippen LogP contribution in [0.4, 0.5) is 0 Å². The molecule has 65 heavy (non-hydrogen) atoms. The number of thiophene rings is 1. The van der Waals surface area contributed by atoms with Crippen LogP contribution in [-0.2, 0) is 30.5 Å². The molecular formula is C47H56ClN9O6S2. The highest BCUT2D eigenvalue weighted by Gasteiger charge is 2.44. The molecule has 1 fully saturated rings. The third-order valence-electron chi connectivity index (χ3n) is 11.7. The Morgan fingerprint density at radius 2 is 1.68 bits per heavy atom. The monoisotopic (exact) mass is 941 g/mol. The lowest BCUT2D eigenvalue weighted by Gasteiger charge is -2.35. The van der Waals surface area contributed by atoms with Gasteiger partial charge in [0.05, 0.1) is 34.3 Å². The fraction of sp³-hybridized carbons (Fsp3) is 0.447. The first-order chi connectivity index (χ1) is 31.0. The van der Waals surface area contributed by atoms with Crippen molar-refractivity contribution in [1.29, 1.82) is 0 Å². The first-order valence-corrected chi connectivity index (χ1v) is 23.8. The summed E-state index contributed by atoms with van der Waals surface area (Å²) in [6.07, 6.45) is 0.450. The maximum absolute atomic E-state index is 14.0. The Kier molecular flexibility index (Phi) is 15.0. The first-order valence-electron chi connectivity index (χ1n) is 21.8. The highest BCUT2D eigenvalue weighted by atomic mass is 35.5. The van der Waals surface area contributed by atoms with E-state index in [2.05, 4.69) is 45.0 Å². The van der Waals surface area contributed by atoms with E-state index in [0.29, 0.717) is 36.1 Å². The number of likely N-dealkylation sites (tertiary alicyclic amines) is 1. The number of ether oxygens (including phenoxy) is 1. The highest BCUT2D eigenvalue weighted by Crippen LogP contribution is 2.40. The van der Waals surface area contributed by atoms with Crippen LogP contribution in [0.3, 0.4) is 0 Å². The van der Waals surface area contributed by atoms with Gasteiger partial charge in [-0.1, -0.05) is 68.8 Å². The van der Waals surface area contributed by atoms with Gasteiger partial charge in [-0.2, -0.15) is 0 Å². The number of nitrogens with zero attached hydrogens (tertiary/aromatic N) is 6. The lowest BCUT2D eigenvalue weighted by Crippen LogP contribution is -2.58. The van der Waals surface area contributed by atoms with Crippen molar-refractivity contribution in [3.8, 4) is 15.4 Å². The van der Waals surface area contributed by atoms with Gasteiger partial charge in [-0.15, -0.1) is 32.9 Å². The van der Waals surface area contributed by atoms with Gasteiger partial charge >= 0.3 is 0 Å². The molecule has 0 spiro atoms. The maximum atomic E-state index is 14.0. The van der Waals surface area contributed by atoms with Gasteiger partial charge in [0.1, 0.15) is 35.6 Å². The van der Waals surface area contributed by atoms with Gasteiger partial charge in [0.15, 0.2) is 5.82 Å². The topological polar surface area (TPSA) is 193 Å². The number of aliphatic hydroxyl groups is 1. The van der Waals surface area contributed by atoms with E-state index in [1.165, 1.54) is 4.90 Å². The van der Waals surface area contributed by atoms with Gasteiger partial charge < -0.3 is 30.7 Å². The standard InChI is InChI=1S/C47H56ClN9O6S2/c1-26-28(3)65-46-39(26)40(31-14-16-33(48)17-15-31)52-35(43-55-54-29(4)57(43)46)21-37(59)49-18-8-9-19-63-24-38(60)53-42(47(5,6)7)45(62)56-23-34(58)20-36(56)44(61)50-22-30-10-12-32(13-11-30)41-27(2)51-25-64-41/h10-17,25,34-36,42,58H,8-9,18-24H2,1-7H3,(H,49,59)(H,50,61)(H,53,60)/t34-,35?,36+,42-/m1/s1. The quantitative estimate of drug-likeness (QED) is 0.0817. The van der Waals surface area contributed by atoms with Gasteiger partial charge in [-0.25, -0.2) is 4.98 Å². The smallest absolute Gasteiger partial charge is 0.246 e. The van der Waals surface area contributed by atoms with Crippen LogP contribution >= 0.6 is 34.3 Å². The molecule has 344 valence electrons. The normalized spacial score (nSPS) is 17.5. The molecule has 4 N–H and O–H groups in total. The number of fused-ring (bicyclic) bond motifs is 3. The molecule has 0 aliphatic carbocycles. The fourth-order valence-electron chi connectivity index (χ4n) is 8.09. The van der Waals surface area contributed by atoms with Crippen LogP contribution < -0.4 is 16.0 Å². The van der Waals surface area contributed by atoms with Crippen molar-refractivity contribution < 1.29 is 29.0 Å². The highest BCUT2D eigenvalue weighted by molar-refractivity contribution is 7.15. The minimum atomic E-state index is -0.977. The second kappa shape index (κ2) is 20.5. The number of β-amino-alcohol motifs (C(OH)–C–C–N with tert-alkyl or cyclic N) is 1. The van der Waals surface area contributed by atoms with E-state index in [0.717, 1.165) is 54.0 Å². The number of carbonyl (C=O) groups excluding carboxylic acids is 4. The van der Waals surface area contributed by atoms with Gasteiger partial charge in [0, 0.05) is 53.7 Å². The molecule has 0 radical (unpaired) electrons. The molecule has 15 nitrogen and oxygen atoms in total. The molecule has 7 rings (SSSR count). The summed E-state index contributed by atoms with van der Waals surface area (Å²) in [5, 5.41) is 29.8. The largest absolute Gasteiger partial charge is 0.391 e. The number of carbonyl (C=O) groups is 4. The molecule has 4 atom stereocenters. The van der Waals surface area contributed by atoms with Crippen LogP contribution in [-0.4, -0.2) is 104 Å². The Morgan fingerprint density at radius 3 is 2.37 bits per heavy atom. The summed E-state index contributed by atoms with van der Waals surface area (Å²) >= 11 is 9.46. The third kappa shape index (κ3) is 11.0. The molecule has 0 saturated carbocycles. The van der Waals surface area contributed by atoms with Crippen LogP contribution in [0.25, 0.3) is 15.4 Å². The molecule has 0 bridgehead atoms. The van der Waals surface area contributed by atoms with Crippen LogP contribution in [0.2, 0.25) is 5.02 Å². The van der Waals surface area contributed by atoms with E-state index >= 15 is 0 Å². The van der Waals surface area contributed by atoms with E-state index in [9.17, 15) is 24.3 Å². The van der Waals surface area contributed by atoms with Crippen molar-refractivity contribution >= 4 is 63.6 Å². The lowest BCUT2D eigenvalue weighted by molar-refractivity contribution is -0.144. The number of aryl methyl sites for hydroxylation is 3. The minimum absolute atomic E-state index is 0.0237. The molecule has 18 heteroatoms. The molecule has 2 aliphatic rings. The predicted molar refractivity (Wildman–Crippen MR) is 253 cm³/mol. The summed E-state index contributed by atoms with van der Waals surface area (Å²) in [4.78, 5) is 67.1. The second-order valence-electron chi connectivity index (χ2n) is 17.7. The average molecular weight is 943 g/mol. The second-order valence-corrected chi connectivity index (χ2v) is 20.2. The molecule has 1 saturated heterocycles. The zero-order valence-electron chi connectivity index (χ0n) is 37.7. The van der Waals surface area contributed by atoms with E-state index in [4.69, 9.17) is 21.3 Å². The van der Waals surface area contributed by atoms with Gasteiger partial charge in [-0.3, -0.25) is 28.7 Å². The number of benzene rings is 2. The van der Waals surface area contributed by atoms with E-state index in [1.54, 1.807) is 22.7 Å². The number of aliphatic hydroxyl groups excluding tert-OH is 1. The zero-order valence-corrected chi connectivity index (χ0v) is 40.1. The number of unbranched alkanes of at least 4 members (excludes halogenated alkanes) is 1. The van der Waals surface area contributed by atoms with Gasteiger partial charge in [0.25, 0.3) is 0 Å². The number of aliphatic imine (C=N–C) groups is 1. The average Bonchev–Trinajstić information content (AvgIpc) is 4.03. The number of amides is 4. The Hall–Kier alpha value is -5.33. The number of hydrogen-bond acceptors (Lipinski definition) is 12. The Morgan fingerprint density at radius 1 is 0.954 bits per heavy atom. The van der Waals surface area contributed by atoms with Gasteiger partial charge in [-0.05, 0) is 74.8 Å². The Labute approximate surface area is 392 Å². The summed E-state index contributed by atoms with van der Waals surface area (Å²) in [6.45, 7) is 14.1. The van der Waals surface area contributed by atoms with Crippen molar-refractivity contribution in [3.63, 3.8) is 0 Å². The minimum Gasteiger partial charge on any atom is -0.391 e. The first kappa shape index (κ1) is 47.6. The predicted octanol–water partition coefficient (Wildman–Crippen LogP) is 6.34. The van der Waals surface area contributed by atoms with Crippen LogP contribution in [0.5, 0.6) is 0 Å². The van der Waals surface area contributed by atoms with E-state index in [-0.39, 0.29) is 51.0 Å². The van der Waals surface area contributed by atoms with Crippen molar-refractivity contribution in [2.75, 3.05) is 26.3 Å². The van der Waals surface area contributed by atoms with Crippen LogP contribution in [0, 0.1) is 33.1 Å². The summed E-state index contributed by atoms with van der Waals surface area (Å²) in [7, 11) is 0. The molecule has 1 unspecified atom stereocenters. The molecule has 2 aromatic carbocycles. The molecule has 5 heterocycles. The van der Waals surface area contributed by atoms with Crippen LogP contribution in [0.15, 0.2) is 59.0 Å². The van der Waals surface area contributed by atoms with Gasteiger partial charge in [0.2, 0.25) is 23.6 Å². The number of halogens is 1. The number of nitrogens with one attached hydrogen (secondary N) is 3. The van der Waals surface area contributed by atoms with E-state index in [1.807, 2.05) is 93.2 Å². The summed E-state index contributed by atoms with van der Waals surface area (Å²) in [5.41, 5.74) is 7.77. The van der Waals surface area contributed by atoms with Crippen molar-refractivity contribution in [3.05, 3.63) is 104 Å². The summed E-state index contributed by atoms with van der Waals surface area (Å²) < 4.78 is 7.70. The molecule has 5 aromatic rings. The number of hydrogen-bond donors (Lipinski definition) is 4. The van der Waals surface area contributed by atoms with E-state index < -0.39 is 41.5 Å². The molecule has 4 amide bonds. The summed E-state index contributed by atoms with van der Waals surface area (Å²) in [5.74, 6) is -0.170. The fourth-order valence-corrected chi connectivity index (χ4v) is 10.2. The van der Waals surface area contributed by atoms with Crippen molar-refractivity contribution in [1.82, 2.24) is 40.6 Å². The lowest BCUT2D eigenvalue weighted by atomic mass is 9.85. The summed E-state index contributed by atoms with van der Waals surface area (Å²) in [6, 6.07) is 12.9. The molecular weight excluding hydrogens is 886 g/mol. The maximum Gasteiger partial charge on any atom is 0.246 e. The number of aromatic nitrogens is 4. The molecule has 2 aliphatic heterocycles. The Balaban J connectivity index is 0.873.